The van der Waals surface area contributed by atoms with Crippen LogP contribution in [-0.4, -0.2) is 21.7 Å². The minimum atomic E-state index is -0.382. The molecule has 1 aliphatic carbocycles. The third-order valence-corrected chi connectivity index (χ3v) is 4.01. The molecule has 21 heavy (non-hydrogen) atoms. The summed E-state index contributed by atoms with van der Waals surface area (Å²) in [5.74, 6) is 0.261. The Kier molecular flexibility index (Phi) is 3.64. The monoisotopic (exact) mass is 284 g/mol. The number of aromatic nitrogens is 2. The fourth-order valence-corrected chi connectivity index (χ4v) is 2.77. The molecule has 1 aromatic heterocycles. The van der Waals surface area contributed by atoms with Gasteiger partial charge in [0.1, 0.15) is 6.54 Å². The van der Waals surface area contributed by atoms with E-state index in [0.717, 1.165) is 18.5 Å². The van der Waals surface area contributed by atoms with Crippen molar-refractivity contribution in [2.75, 3.05) is 5.32 Å². The molecule has 0 spiro atoms. The molecule has 5 nitrogen and oxygen atoms in total. The maximum Gasteiger partial charge on any atom is 0.239 e. The predicted octanol–water partition coefficient (Wildman–Crippen LogP) is 2.03. The Balaban J connectivity index is 1.51. The standard InChI is InChI=1S/C16H20N4O/c1-11-2-4-12(5-3-11)13-6-14(7-13)19-15-8-18-20(9-15)10-16(17)21/h2-5,8-9,13-14,19H,6-7,10H2,1H3,(H2,17,21). The molecule has 1 amide bonds. The fourth-order valence-electron chi connectivity index (χ4n) is 2.77. The summed E-state index contributed by atoms with van der Waals surface area (Å²) in [4.78, 5) is 10.8. The molecular weight excluding hydrogens is 264 g/mol. The third kappa shape index (κ3) is 3.24. The topological polar surface area (TPSA) is 72.9 Å². The molecule has 0 radical (unpaired) electrons. The average Bonchev–Trinajstić information content (AvgIpc) is 2.81. The molecule has 0 aliphatic heterocycles. The van der Waals surface area contributed by atoms with E-state index in [4.69, 9.17) is 5.73 Å². The number of nitrogens with zero attached hydrogens (tertiary/aromatic N) is 2. The largest absolute Gasteiger partial charge is 0.380 e. The highest BCUT2D eigenvalue weighted by molar-refractivity contribution is 5.73. The van der Waals surface area contributed by atoms with Crippen LogP contribution in [0.15, 0.2) is 36.7 Å². The van der Waals surface area contributed by atoms with Crippen LogP contribution >= 0.6 is 0 Å². The van der Waals surface area contributed by atoms with Crippen molar-refractivity contribution in [3.63, 3.8) is 0 Å². The van der Waals surface area contributed by atoms with Gasteiger partial charge in [0.25, 0.3) is 0 Å². The van der Waals surface area contributed by atoms with Crippen LogP contribution in [-0.2, 0) is 11.3 Å². The lowest BCUT2D eigenvalue weighted by molar-refractivity contribution is -0.118. The first-order valence-corrected chi connectivity index (χ1v) is 7.24. The van der Waals surface area contributed by atoms with Crippen LogP contribution in [0.25, 0.3) is 0 Å². The number of carbonyl (C=O) groups is 1. The van der Waals surface area contributed by atoms with Crippen LogP contribution in [0.5, 0.6) is 0 Å². The number of anilines is 1. The molecule has 1 aliphatic rings. The van der Waals surface area contributed by atoms with E-state index in [2.05, 4.69) is 41.6 Å². The lowest BCUT2D eigenvalue weighted by atomic mass is 9.75. The summed E-state index contributed by atoms with van der Waals surface area (Å²) in [6.07, 6.45) is 5.82. The van der Waals surface area contributed by atoms with Crippen LogP contribution < -0.4 is 11.1 Å². The summed E-state index contributed by atoms with van der Waals surface area (Å²) >= 11 is 0. The van der Waals surface area contributed by atoms with Crippen LogP contribution in [0.1, 0.15) is 29.9 Å². The molecule has 0 saturated heterocycles. The predicted molar refractivity (Wildman–Crippen MR) is 82.0 cm³/mol. The van der Waals surface area contributed by atoms with E-state index in [1.165, 1.54) is 11.1 Å². The molecule has 0 bridgehead atoms. The second-order valence-electron chi connectivity index (χ2n) is 5.81. The molecule has 0 atom stereocenters. The number of nitrogens with one attached hydrogen (secondary N) is 1. The number of nitrogens with two attached hydrogens (primary N) is 1. The van der Waals surface area contributed by atoms with Gasteiger partial charge in [-0.2, -0.15) is 5.10 Å². The second kappa shape index (κ2) is 5.60. The summed E-state index contributed by atoms with van der Waals surface area (Å²) in [5, 5.41) is 7.56. The van der Waals surface area contributed by atoms with Crippen molar-refractivity contribution in [2.45, 2.75) is 38.3 Å². The number of primary amides is 1. The zero-order valence-corrected chi connectivity index (χ0v) is 12.1. The Morgan fingerprint density at radius 1 is 1.38 bits per heavy atom. The van der Waals surface area contributed by atoms with E-state index in [-0.39, 0.29) is 12.5 Å². The van der Waals surface area contributed by atoms with Crippen LogP contribution in [0.2, 0.25) is 0 Å². The first kappa shape index (κ1) is 13.7. The smallest absolute Gasteiger partial charge is 0.239 e. The summed E-state index contributed by atoms with van der Waals surface area (Å²) in [7, 11) is 0. The minimum Gasteiger partial charge on any atom is -0.380 e. The summed E-state index contributed by atoms with van der Waals surface area (Å²) in [6, 6.07) is 9.26. The van der Waals surface area contributed by atoms with E-state index in [1.54, 1.807) is 10.9 Å². The Morgan fingerprint density at radius 3 is 2.76 bits per heavy atom. The van der Waals surface area contributed by atoms with Gasteiger partial charge in [-0.3, -0.25) is 9.48 Å². The highest BCUT2D eigenvalue weighted by Crippen LogP contribution is 2.38. The van der Waals surface area contributed by atoms with Gasteiger partial charge in [0, 0.05) is 12.2 Å². The van der Waals surface area contributed by atoms with E-state index in [0.29, 0.717) is 12.0 Å². The molecule has 1 fully saturated rings. The Bertz CT molecular complexity index is 626. The van der Waals surface area contributed by atoms with Crippen LogP contribution in [0.4, 0.5) is 5.69 Å². The molecule has 1 heterocycles. The molecular formula is C16H20N4O. The fraction of sp³-hybridized carbons (Fsp3) is 0.375. The lowest BCUT2D eigenvalue weighted by Crippen LogP contribution is -2.33. The number of benzene rings is 1. The van der Waals surface area contributed by atoms with Crippen molar-refractivity contribution in [1.29, 1.82) is 0 Å². The van der Waals surface area contributed by atoms with E-state index >= 15 is 0 Å². The van der Waals surface area contributed by atoms with Crippen molar-refractivity contribution >= 4 is 11.6 Å². The van der Waals surface area contributed by atoms with Gasteiger partial charge in [0.2, 0.25) is 5.91 Å². The maximum atomic E-state index is 10.8. The van der Waals surface area contributed by atoms with Gasteiger partial charge in [-0.1, -0.05) is 29.8 Å². The van der Waals surface area contributed by atoms with Crippen molar-refractivity contribution in [1.82, 2.24) is 9.78 Å². The third-order valence-electron chi connectivity index (χ3n) is 4.01. The normalized spacial score (nSPS) is 20.8. The minimum absolute atomic E-state index is 0.123. The van der Waals surface area contributed by atoms with E-state index in [9.17, 15) is 4.79 Å². The molecule has 3 rings (SSSR count). The number of aryl methyl sites for hydroxylation is 1. The SMILES string of the molecule is Cc1ccc(C2CC(Nc3cnn(CC(N)=O)c3)C2)cc1. The lowest BCUT2D eigenvalue weighted by Gasteiger charge is -2.36. The quantitative estimate of drug-likeness (QED) is 0.882. The first-order chi connectivity index (χ1) is 10.1. The summed E-state index contributed by atoms with van der Waals surface area (Å²) < 4.78 is 1.56. The molecule has 5 heteroatoms. The molecule has 0 unspecified atom stereocenters. The average molecular weight is 284 g/mol. The van der Waals surface area contributed by atoms with Crippen LogP contribution in [0, 0.1) is 6.92 Å². The Morgan fingerprint density at radius 2 is 2.10 bits per heavy atom. The van der Waals surface area contributed by atoms with Gasteiger partial charge in [0.15, 0.2) is 0 Å². The van der Waals surface area contributed by atoms with E-state index in [1.807, 2.05) is 6.20 Å². The van der Waals surface area contributed by atoms with Crippen molar-refractivity contribution in [3.8, 4) is 0 Å². The van der Waals surface area contributed by atoms with Crippen molar-refractivity contribution < 1.29 is 4.79 Å². The molecule has 1 saturated carbocycles. The van der Waals surface area contributed by atoms with Gasteiger partial charge >= 0.3 is 0 Å². The van der Waals surface area contributed by atoms with Gasteiger partial charge in [-0.25, -0.2) is 0 Å². The highest BCUT2D eigenvalue weighted by atomic mass is 16.1. The first-order valence-electron chi connectivity index (χ1n) is 7.24. The van der Waals surface area contributed by atoms with Gasteiger partial charge in [0.05, 0.1) is 11.9 Å². The van der Waals surface area contributed by atoms with Crippen LogP contribution in [0.3, 0.4) is 0 Å². The zero-order chi connectivity index (χ0) is 14.8. The van der Waals surface area contributed by atoms with Crippen molar-refractivity contribution in [2.24, 2.45) is 5.73 Å². The van der Waals surface area contributed by atoms with Crippen molar-refractivity contribution in [3.05, 3.63) is 47.8 Å². The highest BCUT2D eigenvalue weighted by Gasteiger charge is 2.30. The van der Waals surface area contributed by atoms with Gasteiger partial charge < -0.3 is 11.1 Å². The second-order valence-corrected chi connectivity index (χ2v) is 5.81. The maximum absolute atomic E-state index is 10.8. The summed E-state index contributed by atoms with van der Waals surface area (Å²) in [6.45, 7) is 2.23. The number of hydrogen-bond donors (Lipinski definition) is 2. The zero-order valence-electron chi connectivity index (χ0n) is 12.1. The molecule has 2 aromatic rings. The summed E-state index contributed by atoms with van der Waals surface area (Å²) in [5.41, 5.74) is 8.81. The molecule has 3 N–H and O–H groups in total. The molecule has 110 valence electrons. The molecule has 1 aromatic carbocycles. The van der Waals surface area contributed by atoms with Gasteiger partial charge in [-0.05, 0) is 31.2 Å². The number of amides is 1. The van der Waals surface area contributed by atoms with Gasteiger partial charge in [-0.15, -0.1) is 0 Å². The number of rotatable bonds is 5. The Hall–Kier alpha value is -2.30. The van der Waals surface area contributed by atoms with E-state index < -0.39 is 0 Å². The Labute approximate surface area is 124 Å². The number of carbonyl (C=O) groups excluding carboxylic acids is 1. The number of hydrogen-bond acceptors (Lipinski definition) is 3.